The highest BCUT2D eigenvalue weighted by Gasteiger charge is 2.12. The van der Waals surface area contributed by atoms with E-state index < -0.39 is 0 Å². The Labute approximate surface area is 143 Å². The molecule has 4 nitrogen and oxygen atoms in total. The smallest absolute Gasteiger partial charge is 0.255 e. The molecule has 0 unspecified atom stereocenters. The van der Waals surface area contributed by atoms with Crippen LogP contribution in [-0.2, 0) is 0 Å². The van der Waals surface area contributed by atoms with Crippen LogP contribution in [0, 0.1) is 10.5 Å². The highest BCUT2D eigenvalue weighted by molar-refractivity contribution is 14.1. The minimum absolute atomic E-state index is 0.125. The van der Waals surface area contributed by atoms with Gasteiger partial charge in [-0.2, -0.15) is 0 Å². The zero-order valence-corrected chi connectivity index (χ0v) is 14.8. The molecule has 0 atom stereocenters. The Balaban J connectivity index is 2.21. The summed E-state index contributed by atoms with van der Waals surface area (Å²) in [4.78, 5) is 25.8. The van der Waals surface area contributed by atoms with Crippen molar-refractivity contribution in [2.75, 3.05) is 19.4 Å². The van der Waals surface area contributed by atoms with E-state index in [9.17, 15) is 9.59 Å². The normalized spacial score (nSPS) is 10.2. The Morgan fingerprint density at radius 1 is 1.05 bits per heavy atom. The van der Waals surface area contributed by atoms with Crippen LogP contribution in [0.5, 0.6) is 0 Å². The average Bonchev–Trinajstić information content (AvgIpc) is 2.50. The molecule has 114 valence electrons. The number of nitrogens with one attached hydrogen (secondary N) is 1. The van der Waals surface area contributed by atoms with Gasteiger partial charge in [-0.25, -0.2) is 0 Å². The molecule has 0 heterocycles. The molecule has 0 fully saturated rings. The second-order valence-corrected chi connectivity index (χ2v) is 6.36. The van der Waals surface area contributed by atoms with Crippen molar-refractivity contribution < 1.29 is 9.59 Å². The molecule has 2 aromatic carbocycles. The second-order valence-electron chi connectivity index (χ2n) is 5.20. The van der Waals surface area contributed by atoms with E-state index in [-0.39, 0.29) is 11.8 Å². The quantitative estimate of drug-likeness (QED) is 0.790. The van der Waals surface area contributed by atoms with Crippen LogP contribution < -0.4 is 5.32 Å². The zero-order chi connectivity index (χ0) is 16.3. The molecule has 0 aliphatic carbocycles. The Kier molecular flexibility index (Phi) is 5.18. The van der Waals surface area contributed by atoms with Crippen LogP contribution in [0.15, 0.2) is 42.5 Å². The molecule has 0 bridgehead atoms. The van der Waals surface area contributed by atoms with Crippen LogP contribution in [-0.4, -0.2) is 30.8 Å². The molecule has 5 heteroatoms. The first kappa shape index (κ1) is 16.5. The van der Waals surface area contributed by atoms with Gasteiger partial charge >= 0.3 is 0 Å². The minimum atomic E-state index is -0.229. The average molecular weight is 408 g/mol. The third kappa shape index (κ3) is 3.85. The van der Waals surface area contributed by atoms with Crippen molar-refractivity contribution in [2.45, 2.75) is 6.92 Å². The Morgan fingerprint density at radius 2 is 1.73 bits per heavy atom. The summed E-state index contributed by atoms with van der Waals surface area (Å²) in [5, 5.41) is 2.85. The molecule has 0 aromatic heterocycles. The monoisotopic (exact) mass is 408 g/mol. The van der Waals surface area contributed by atoms with Crippen molar-refractivity contribution in [3.8, 4) is 0 Å². The van der Waals surface area contributed by atoms with Gasteiger partial charge in [0, 0.05) is 34.5 Å². The Morgan fingerprint density at radius 3 is 2.36 bits per heavy atom. The van der Waals surface area contributed by atoms with Gasteiger partial charge in [0.05, 0.1) is 0 Å². The van der Waals surface area contributed by atoms with Gasteiger partial charge in [-0.1, -0.05) is 12.1 Å². The van der Waals surface area contributed by atoms with E-state index in [0.29, 0.717) is 11.1 Å². The maximum absolute atomic E-state index is 12.3. The van der Waals surface area contributed by atoms with Gasteiger partial charge in [0.1, 0.15) is 0 Å². The first-order valence-corrected chi connectivity index (χ1v) is 7.85. The van der Waals surface area contributed by atoms with Crippen molar-refractivity contribution in [1.82, 2.24) is 4.90 Å². The Hall–Kier alpha value is -1.89. The van der Waals surface area contributed by atoms with Gasteiger partial charge in [0.2, 0.25) is 0 Å². The lowest BCUT2D eigenvalue weighted by atomic mass is 10.1. The molecule has 1 N–H and O–H groups in total. The summed E-state index contributed by atoms with van der Waals surface area (Å²) < 4.78 is 1.09. The summed E-state index contributed by atoms with van der Waals surface area (Å²) in [5.74, 6) is -0.354. The third-order valence-electron chi connectivity index (χ3n) is 3.21. The molecule has 0 spiro atoms. The van der Waals surface area contributed by atoms with Gasteiger partial charge in [-0.15, -0.1) is 0 Å². The van der Waals surface area contributed by atoms with E-state index in [4.69, 9.17) is 0 Å². The minimum Gasteiger partial charge on any atom is -0.345 e. The van der Waals surface area contributed by atoms with Crippen LogP contribution in [0.25, 0.3) is 0 Å². The second kappa shape index (κ2) is 6.91. The van der Waals surface area contributed by atoms with E-state index in [0.717, 1.165) is 14.8 Å². The zero-order valence-electron chi connectivity index (χ0n) is 12.7. The maximum atomic E-state index is 12.3. The first-order chi connectivity index (χ1) is 10.4. The molecular weight excluding hydrogens is 391 g/mol. The van der Waals surface area contributed by atoms with E-state index in [2.05, 4.69) is 27.9 Å². The summed E-state index contributed by atoms with van der Waals surface area (Å²) in [6.07, 6.45) is 0. The number of hydrogen-bond donors (Lipinski definition) is 1. The number of amides is 2. The van der Waals surface area contributed by atoms with E-state index in [1.807, 2.05) is 25.1 Å². The van der Waals surface area contributed by atoms with Gasteiger partial charge in [0.15, 0.2) is 0 Å². The van der Waals surface area contributed by atoms with Crippen LogP contribution in [0.3, 0.4) is 0 Å². The lowest BCUT2D eigenvalue weighted by Gasteiger charge is -2.11. The van der Waals surface area contributed by atoms with Gasteiger partial charge in [0.25, 0.3) is 11.8 Å². The van der Waals surface area contributed by atoms with Crippen molar-refractivity contribution in [1.29, 1.82) is 0 Å². The van der Waals surface area contributed by atoms with Crippen LogP contribution in [0.2, 0.25) is 0 Å². The number of anilines is 1. The summed E-state index contributed by atoms with van der Waals surface area (Å²) >= 11 is 2.23. The lowest BCUT2D eigenvalue weighted by molar-refractivity contribution is 0.0827. The van der Waals surface area contributed by atoms with Crippen molar-refractivity contribution >= 4 is 40.1 Å². The molecule has 0 radical (unpaired) electrons. The van der Waals surface area contributed by atoms with Crippen molar-refractivity contribution in [2.24, 2.45) is 0 Å². The van der Waals surface area contributed by atoms with Gasteiger partial charge < -0.3 is 10.2 Å². The largest absolute Gasteiger partial charge is 0.345 e. The fourth-order valence-electron chi connectivity index (χ4n) is 1.93. The van der Waals surface area contributed by atoms with Crippen LogP contribution in [0.1, 0.15) is 26.3 Å². The standard InChI is InChI=1S/C17H17IN2O2/c1-11-7-8-14(10-15(11)18)19-16(21)12-5-4-6-13(9-12)17(22)20(2)3/h4-10H,1-3H3,(H,19,21). The molecule has 0 aliphatic heterocycles. The SMILES string of the molecule is Cc1ccc(NC(=O)c2cccc(C(=O)N(C)C)c2)cc1I. The topological polar surface area (TPSA) is 49.4 Å². The summed E-state index contributed by atoms with van der Waals surface area (Å²) in [7, 11) is 3.37. The fourth-order valence-corrected chi connectivity index (χ4v) is 2.44. The fraction of sp³-hybridized carbons (Fsp3) is 0.176. The first-order valence-electron chi connectivity index (χ1n) is 6.77. The molecule has 2 rings (SSSR count). The van der Waals surface area contributed by atoms with Gasteiger partial charge in [-0.05, 0) is 65.4 Å². The summed E-state index contributed by atoms with van der Waals surface area (Å²) in [5.41, 5.74) is 2.86. The number of halogens is 1. The van der Waals surface area contributed by atoms with E-state index >= 15 is 0 Å². The number of benzene rings is 2. The van der Waals surface area contributed by atoms with Crippen molar-refractivity contribution in [3.05, 3.63) is 62.7 Å². The molecule has 0 saturated heterocycles. The molecular formula is C17H17IN2O2. The molecule has 2 amide bonds. The molecule has 0 aliphatic rings. The summed E-state index contributed by atoms with van der Waals surface area (Å²) in [6.45, 7) is 2.02. The number of hydrogen-bond acceptors (Lipinski definition) is 2. The maximum Gasteiger partial charge on any atom is 0.255 e. The number of carbonyl (C=O) groups is 2. The van der Waals surface area contributed by atoms with Gasteiger partial charge in [-0.3, -0.25) is 9.59 Å². The van der Waals surface area contributed by atoms with Crippen LogP contribution in [0.4, 0.5) is 5.69 Å². The van der Waals surface area contributed by atoms with E-state index in [1.54, 1.807) is 38.4 Å². The predicted octanol–water partition coefficient (Wildman–Crippen LogP) is 3.55. The number of aryl methyl sites for hydroxylation is 1. The van der Waals surface area contributed by atoms with Crippen molar-refractivity contribution in [3.63, 3.8) is 0 Å². The lowest BCUT2D eigenvalue weighted by Crippen LogP contribution is -2.22. The van der Waals surface area contributed by atoms with E-state index in [1.165, 1.54) is 4.90 Å². The number of carbonyl (C=O) groups excluding carboxylic acids is 2. The number of rotatable bonds is 3. The van der Waals surface area contributed by atoms with Crippen LogP contribution >= 0.6 is 22.6 Å². The predicted molar refractivity (Wildman–Crippen MR) is 96.3 cm³/mol. The molecule has 2 aromatic rings. The molecule has 22 heavy (non-hydrogen) atoms. The number of nitrogens with zero attached hydrogens (tertiary/aromatic N) is 1. The third-order valence-corrected chi connectivity index (χ3v) is 4.37. The summed E-state index contributed by atoms with van der Waals surface area (Å²) in [6, 6.07) is 12.5. The molecule has 0 saturated carbocycles. The Bertz CT molecular complexity index is 726. The highest BCUT2D eigenvalue weighted by atomic mass is 127. The highest BCUT2D eigenvalue weighted by Crippen LogP contribution is 2.18.